The molecule has 2 rings (SSSR count). The SMILES string of the molecule is CC(C)C(=O)Nc1cc(N)ccc1N1CCCC[C@H]1C. The van der Waals surface area contributed by atoms with Gasteiger partial charge in [-0.15, -0.1) is 0 Å². The second kappa shape index (κ2) is 6.16. The van der Waals surface area contributed by atoms with Crippen molar-refractivity contribution in [1.29, 1.82) is 0 Å². The highest BCUT2D eigenvalue weighted by molar-refractivity contribution is 5.96. The van der Waals surface area contributed by atoms with Crippen LogP contribution in [0.2, 0.25) is 0 Å². The third-order valence-corrected chi connectivity index (χ3v) is 3.92. The van der Waals surface area contributed by atoms with Gasteiger partial charge in [0.2, 0.25) is 5.91 Å². The Hall–Kier alpha value is -1.71. The first-order valence-electron chi connectivity index (χ1n) is 7.46. The second-order valence-corrected chi connectivity index (χ2v) is 5.96. The molecule has 4 nitrogen and oxygen atoms in total. The molecule has 0 aromatic heterocycles. The Kier molecular flexibility index (Phi) is 4.53. The van der Waals surface area contributed by atoms with Gasteiger partial charge in [-0.05, 0) is 44.4 Å². The molecule has 1 amide bonds. The number of rotatable bonds is 3. The van der Waals surface area contributed by atoms with E-state index in [9.17, 15) is 4.79 Å². The lowest BCUT2D eigenvalue weighted by molar-refractivity contribution is -0.118. The maximum absolute atomic E-state index is 12.0. The quantitative estimate of drug-likeness (QED) is 0.833. The van der Waals surface area contributed by atoms with Crippen molar-refractivity contribution >= 4 is 23.0 Å². The van der Waals surface area contributed by atoms with Gasteiger partial charge >= 0.3 is 0 Å². The van der Waals surface area contributed by atoms with Crippen molar-refractivity contribution in [1.82, 2.24) is 0 Å². The van der Waals surface area contributed by atoms with Crippen LogP contribution in [-0.2, 0) is 4.79 Å². The molecule has 0 aliphatic carbocycles. The summed E-state index contributed by atoms with van der Waals surface area (Å²) in [6, 6.07) is 6.29. The van der Waals surface area contributed by atoms with Gasteiger partial charge in [-0.2, -0.15) is 0 Å². The Morgan fingerprint density at radius 1 is 1.40 bits per heavy atom. The molecule has 1 heterocycles. The Bertz CT molecular complexity index is 485. The molecule has 1 fully saturated rings. The monoisotopic (exact) mass is 275 g/mol. The van der Waals surface area contributed by atoms with Gasteiger partial charge in [-0.3, -0.25) is 4.79 Å². The predicted molar refractivity (Wildman–Crippen MR) is 85.0 cm³/mol. The molecule has 0 spiro atoms. The molecule has 3 N–H and O–H groups in total. The highest BCUT2D eigenvalue weighted by Crippen LogP contribution is 2.33. The molecule has 0 bridgehead atoms. The number of nitrogen functional groups attached to an aromatic ring is 1. The summed E-state index contributed by atoms with van der Waals surface area (Å²) < 4.78 is 0. The van der Waals surface area contributed by atoms with Gasteiger partial charge in [0.05, 0.1) is 11.4 Å². The molecule has 4 heteroatoms. The third kappa shape index (κ3) is 3.24. The van der Waals surface area contributed by atoms with Gasteiger partial charge in [0.1, 0.15) is 0 Å². The molecule has 1 aromatic carbocycles. The minimum absolute atomic E-state index is 0.0292. The number of hydrogen-bond acceptors (Lipinski definition) is 3. The molecule has 0 radical (unpaired) electrons. The highest BCUT2D eigenvalue weighted by atomic mass is 16.1. The maximum Gasteiger partial charge on any atom is 0.226 e. The minimum atomic E-state index is -0.0388. The number of nitrogens with two attached hydrogens (primary N) is 1. The van der Waals surface area contributed by atoms with E-state index in [0.717, 1.165) is 17.9 Å². The van der Waals surface area contributed by atoms with Crippen LogP contribution in [0.4, 0.5) is 17.1 Å². The normalized spacial score (nSPS) is 19.2. The number of anilines is 3. The molecular weight excluding hydrogens is 250 g/mol. The summed E-state index contributed by atoms with van der Waals surface area (Å²) in [5.74, 6) is -0.00966. The molecule has 110 valence electrons. The molecule has 1 aliphatic rings. The van der Waals surface area contributed by atoms with Crippen molar-refractivity contribution in [3.05, 3.63) is 18.2 Å². The van der Waals surface area contributed by atoms with Crippen LogP contribution in [0.3, 0.4) is 0 Å². The van der Waals surface area contributed by atoms with E-state index in [-0.39, 0.29) is 11.8 Å². The second-order valence-electron chi connectivity index (χ2n) is 5.96. The van der Waals surface area contributed by atoms with Gasteiger partial charge in [-0.1, -0.05) is 13.8 Å². The molecule has 1 aliphatic heterocycles. The van der Waals surface area contributed by atoms with Crippen molar-refractivity contribution in [3.63, 3.8) is 0 Å². The van der Waals surface area contributed by atoms with E-state index in [1.807, 2.05) is 32.0 Å². The topological polar surface area (TPSA) is 58.4 Å². The zero-order valence-corrected chi connectivity index (χ0v) is 12.6. The number of nitrogens with one attached hydrogen (secondary N) is 1. The smallest absolute Gasteiger partial charge is 0.226 e. The summed E-state index contributed by atoms with van der Waals surface area (Å²) in [4.78, 5) is 14.3. The van der Waals surface area contributed by atoms with E-state index in [2.05, 4.69) is 17.1 Å². The predicted octanol–water partition coefficient (Wildman–Crippen LogP) is 3.24. The van der Waals surface area contributed by atoms with E-state index in [0.29, 0.717) is 11.7 Å². The minimum Gasteiger partial charge on any atom is -0.399 e. The van der Waals surface area contributed by atoms with Crippen LogP contribution in [0.1, 0.15) is 40.0 Å². The van der Waals surface area contributed by atoms with Gasteiger partial charge in [0.25, 0.3) is 0 Å². The number of carbonyl (C=O) groups excluding carboxylic acids is 1. The van der Waals surface area contributed by atoms with E-state index in [4.69, 9.17) is 5.73 Å². The molecule has 1 atom stereocenters. The first-order chi connectivity index (χ1) is 9.49. The lowest BCUT2D eigenvalue weighted by Gasteiger charge is -2.36. The zero-order chi connectivity index (χ0) is 14.7. The van der Waals surface area contributed by atoms with Crippen LogP contribution in [0.25, 0.3) is 0 Å². The maximum atomic E-state index is 12.0. The molecular formula is C16H25N3O. The largest absolute Gasteiger partial charge is 0.399 e. The lowest BCUT2D eigenvalue weighted by Crippen LogP contribution is -2.38. The van der Waals surface area contributed by atoms with Gasteiger partial charge in [-0.25, -0.2) is 0 Å². The van der Waals surface area contributed by atoms with Crippen molar-refractivity contribution in [2.45, 2.75) is 46.1 Å². The number of piperidine rings is 1. The standard InChI is InChI=1S/C16H25N3O/c1-11(2)16(20)18-14-10-13(17)7-8-15(14)19-9-5-4-6-12(19)3/h7-8,10-12H,4-6,9,17H2,1-3H3,(H,18,20)/t12-/m1/s1. The summed E-state index contributed by atoms with van der Waals surface area (Å²) >= 11 is 0. The first kappa shape index (κ1) is 14.7. The fourth-order valence-corrected chi connectivity index (χ4v) is 2.64. The van der Waals surface area contributed by atoms with Crippen molar-refractivity contribution in [2.75, 3.05) is 22.5 Å². The zero-order valence-electron chi connectivity index (χ0n) is 12.6. The Labute approximate surface area is 121 Å². The van der Waals surface area contributed by atoms with Gasteiger partial charge in [0.15, 0.2) is 0 Å². The van der Waals surface area contributed by atoms with Crippen molar-refractivity contribution < 1.29 is 4.79 Å². The van der Waals surface area contributed by atoms with E-state index in [1.165, 1.54) is 19.3 Å². The fourth-order valence-electron chi connectivity index (χ4n) is 2.64. The van der Waals surface area contributed by atoms with Crippen LogP contribution in [0.5, 0.6) is 0 Å². The van der Waals surface area contributed by atoms with Crippen LogP contribution in [-0.4, -0.2) is 18.5 Å². The number of carbonyl (C=O) groups is 1. The van der Waals surface area contributed by atoms with Gasteiger partial charge in [0, 0.05) is 24.2 Å². The first-order valence-corrected chi connectivity index (χ1v) is 7.46. The number of nitrogens with zero attached hydrogens (tertiary/aromatic N) is 1. The average molecular weight is 275 g/mol. The Balaban J connectivity index is 2.29. The summed E-state index contributed by atoms with van der Waals surface area (Å²) in [6.07, 6.45) is 3.68. The third-order valence-electron chi connectivity index (χ3n) is 3.92. The molecule has 1 aromatic rings. The Morgan fingerprint density at radius 2 is 2.15 bits per heavy atom. The van der Waals surface area contributed by atoms with Crippen molar-refractivity contribution in [2.24, 2.45) is 5.92 Å². The van der Waals surface area contributed by atoms with Crippen LogP contribution < -0.4 is 16.0 Å². The van der Waals surface area contributed by atoms with Crippen LogP contribution in [0, 0.1) is 5.92 Å². The average Bonchev–Trinajstić information content (AvgIpc) is 2.40. The fraction of sp³-hybridized carbons (Fsp3) is 0.562. The summed E-state index contributed by atoms with van der Waals surface area (Å²) in [5.41, 5.74) is 8.47. The van der Waals surface area contributed by atoms with Crippen molar-refractivity contribution in [3.8, 4) is 0 Å². The summed E-state index contributed by atoms with van der Waals surface area (Å²) in [5, 5.41) is 3.01. The lowest BCUT2D eigenvalue weighted by atomic mass is 10.0. The van der Waals surface area contributed by atoms with E-state index in [1.54, 1.807) is 0 Å². The van der Waals surface area contributed by atoms with E-state index >= 15 is 0 Å². The summed E-state index contributed by atoms with van der Waals surface area (Å²) in [7, 11) is 0. The highest BCUT2D eigenvalue weighted by Gasteiger charge is 2.22. The van der Waals surface area contributed by atoms with Crippen LogP contribution >= 0.6 is 0 Å². The van der Waals surface area contributed by atoms with Crippen LogP contribution in [0.15, 0.2) is 18.2 Å². The number of amides is 1. The summed E-state index contributed by atoms with van der Waals surface area (Å²) in [6.45, 7) is 7.06. The number of hydrogen-bond donors (Lipinski definition) is 2. The molecule has 1 saturated heterocycles. The number of benzene rings is 1. The van der Waals surface area contributed by atoms with E-state index < -0.39 is 0 Å². The molecule has 0 saturated carbocycles. The molecule has 0 unspecified atom stereocenters. The molecule has 20 heavy (non-hydrogen) atoms. The Morgan fingerprint density at radius 3 is 2.80 bits per heavy atom. The van der Waals surface area contributed by atoms with Gasteiger partial charge < -0.3 is 16.0 Å².